The van der Waals surface area contributed by atoms with Crippen molar-refractivity contribution in [2.45, 2.75) is 31.4 Å². The molecule has 0 bridgehead atoms. The molecule has 0 unspecified atom stereocenters. The molecule has 17 heavy (non-hydrogen) atoms. The third kappa shape index (κ3) is 2.78. The third-order valence-electron chi connectivity index (χ3n) is 2.92. The van der Waals surface area contributed by atoms with E-state index in [-0.39, 0.29) is 12.0 Å². The topological polar surface area (TPSA) is 38.7 Å². The second kappa shape index (κ2) is 4.78. The summed E-state index contributed by atoms with van der Waals surface area (Å²) < 4.78 is 5.48. The number of nitrogens with zero attached hydrogens (tertiary/aromatic N) is 1. The number of thiocarbonyl (C=S) groups is 1. The van der Waals surface area contributed by atoms with Crippen LogP contribution in [0.2, 0.25) is 0 Å². The van der Waals surface area contributed by atoms with E-state index in [1.807, 2.05) is 25.1 Å². The minimum atomic E-state index is -0.409. The fraction of sp³-hybridized carbons (Fsp3) is 0.385. The van der Waals surface area contributed by atoms with E-state index in [0.717, 1.165) is 12.8 Å². The van der Waals surface area contributed by atoms with E-state index in [1.165, 1.54) is 0 Å². The Morgan fingerprint density at radius 2 is 2.12 bits per heavy atom. The van der Waals surface area contributed by atoms with Crippen LogP contribution in [0, 0.1) is 0 Å². The zero-order valence-corrected chi connectivity index (χ0v) is 10.4. The molecule has 0 heterocycles. The Hall–Kier alpha value is -1.51. The van der Waals surface area contributed by atoms with Crippen LogP contribution in [0.4, 0.5) is 0 Å². The van der Waals surface area contributed by atoms with Gasteiger partial charge in [0.25, 0.3) is 0 Å². The van der Waals surface area contributed by atoms with Crippen LogP contribution in [0.15, 0.2) is 35.3 Å². The zero-order valence-electron chi connectivity index (χ0n) is 9.55. The Kier molecular flexibility index (Phi) is 3.36. The minimum Gasteiger partial charge on any atom is -0.456 e. The summed E-state index contributed by atoms with van der Waals surface area (Å²) in [6, 6.07) is 9.15. The molecule has 2 rings (SSSR count). The maximum atomic E-state index is 11.8. The lowest BCUT2D eigenvalue weighted by molar-refractivity contribution is -0.0579. The van der Waals surface area contributed by atoms with Gasteiger partial charge in [0.2, 0.25) is 0 Å². The van der Waals surface area contributed by atoms with Crippen LogP contribution < -0.4 is 0 Å². The molecule has 88 valence electrons. The number of aliphatic imine (C=N–C) groups is 1. The van der Waals surface area contributed by atoms with E-state index < -0.39 is 5.60 Å². The summed E-state index contributed by atoms with van der Waals surface area (Å²) >= 11 is 4.54. The first kappa shape index (κ1) is 12.0. The Morgan fingerprint density at radius 1 is 1.47 bits per heavy atom. The second-order valence-electron chi connectivity index (χ2n) is 4.49. The smallest absolute Gasteiger partial charge is 0.338 e. The van der Waals surface area contributed by atoms with Crippen LogP contribution in [0.1, 0.15) is 30.1 Å². The van der Waals surface area contributed by atoms with Crippen molar-refractivity contribution in [2.24, 2.45) is 4.99 Å². The first-order valence-corrected chi connectivity index (χ1v) is 5.89. The molecule has 0 spiro atoms. The molecule has 0 saturated heterocycles. The van der Waals surface area contributed by atoms with Crippen LogP contribution in [-0.4, -0.2) is 22.8 Å². The number of ether oxygens (including phenoxy) is 1. The predicted octanol–water partition coefficient (Wildman–Crippen LogP) is 2.87. The molecule has 1 fully saturated rings. The number of carbonyl (C=O) groups excluding carboxylic acids is 1. The van der Waals surface area contributed by atoms with Gasteiger partial charge in [-0.2, -0.15) is 0 Å². The fourth-order valence-electron chi connectivity index (χ4n) is 2.04. The SMILES string of the molecule is CC1(OC(=O)c2ccccc2)CC(N=C=S)C1. The maximum absolute atomic E-state index is 11.8. The molecule has 0 radical (unpaired) electrons. The molecule has 0 amide bonds. The highest BCUT2D eigenvalue weighted by molar-refractivity contribution is 7.78. The molecule has 1 saturated carbocycles. The highest BCUT2D eigenvalue weighted by Gasteiger charge is 2.43. The highest BCUT2D eigenvalue weighted by Crippen LogP contribution is 2.38. The van der Waals surface area contributed by atoms with Crippen LogP contribution in [0.3, 0.4) is 0 Å². The van der Waals surface area contributed by atoms with Crippen molar-refractivity contribution in [3.8, 4) is 0 Å². The predicted molar refractivity (Wildman–Crippen MR) is 68.3 cm³/mol. The summed E-state index contributed by atoms with van der Waals surface area (Å²) in [6.45, 7) is 1.92. The largest absolute Gasteiger partial charge is 0.456 e. The molecule has 3 nitrogen and oxygen atoms in total. The van der Waals surface area contributed by atoms with Gasteiger partial charge in [-0.1, -0.05) is 18.2 Å². The van der Waals surface area contributed by atoms with E-state index in [9.17, 15) is 4.79 Å². The molecule has 4 heteroatoms. The first-order chi connectivity index (χ1) is 8.13. The van der Waals surface area contributed by atoms with Crippen molar-refractivity contribution in [3.05, 3.63) is 35.9 Å². The number of rotatable bonds is 3. The van der Waals surface area contributed by atoms with Gasteiger partial charge in [-0.3, -0.25) is 0 Å². The van der Waals surface area contributed by atoms with E-state index >= 15 is 0 Å². The number of esters is 1. The Morgan fingerprint density at radius 3 is 2.71 bits per heavy atom. The summed E-state index contributed by atoms with van der Waals surface area (Å²) in [5.74, 6) is -0.280. The van der Waals surface area contributed by atoms with Gasteiger partial charge < -0.3 is 4.74 Å². The van der Waals surface area contributed by atoms with E-state index in [4.69, 9.17) is 4.74 Å². The quantitative estimate of drug-likeness (QED) is 0.468. The Labute approximate surface area is 106 Å². The molecule has 1 aromatic rings. The average molecular weight is 247 g/mol. The standard InChI is InChI=1S/C13H13NO2S/c1-13(7-11(8-13)14-9-17)16-12(15)10-5-3-2-4-6-10/h2-6,11H,7-8H2,1H3. The normalized spacial score (nSPS) is 26.5. The monoisotopic (exact) mass is 247 g/mol. The van der Waals surface area contributed by atoms with Gasteiger partial charge in [0.15, 0.2) is 0 Å². The molecule has 0 N–H and O–H groups in total. The molecule has 0 atom stereocenters. The summed E-state index contributed by atoms with van der Waals surface area (Å²) in [6.07, 6.45) is 1.43. The number of hydrogen-bond donors (Lipinski definition) is 0. The molecule has 1 aromatic carbocycles. The Balaban J connectivity index is 1.95. The summed E-state index contributed by atoms with van der Waals surface area (Å²) in [5, 5.41) is 2.36. The van der Waals surface area contributed by atoms with Crippen molar-refractivity contribution < 1.29 is 9.53 Å². The van der Waals surface area contributed by atoms with Crippen LogP contribution in [-0.2, 0) is 4.74 Å². The second-order valence-corrected chi connectivity index (χ2v) is 4.67. The summed E-state index contributed by atoms with van der Waals surface area (Å²) in [5.41, 5.74) is 0.170. The van der Waals surface area contributed by atoms with Crippen LogP contribution in [0.25, 0.3) is 0 Å². The van der Waals surface area contributed by atoms with Gasteiger partial charge in [-0.15, -0.1) is 0 Å². The van der Waals surface area contributed by atoms with E-state index in [1.54, 1.807) is 12.1 Å². The lowest BCUT2D eigenvalue weighted by atomic mass is 9.77. The van der Waals surface area contributed by atoms with Gasteiger partial charge >= 0.3 is 5.97 Å². The lowest BCUT2D eigenvalue weighted by Gasteiger charge is -2.41. The third-order valence-corrected chi connectivity index (χ3v) is 3.02. The van der Waals surface area contributed by atoms with Crippen molar-refractivity contribution in [1.82, 2.24) is 0 Å². The number of benzene rings is 1. The lowest BCUT2D eigenvalue weighted by Crippen LogP contribution is -2.47. The molecular formula is C13H13NO2S. The van der Waals surface area contributed by atoms with Crippen molar-refractivity contribution in [1.29, 1.82) is 0 Å². The number of isothiocyanates is 1. The minimum absolute atomic E-state index is 0.154. The van der Waals surface area contributed by atoms with Crippen LogP contribution >= 0.6 is 12.2 Å². The van der Waals surface area contributed by atoms with Gasteiger partial charge in [-0.25, -0.2) is 9.79 Å². The van der Waals surface area contributed by atoms with Crippen LogP contribution in [0.5, 0.6) is 0 Å². The fourth-order valence-corrected chi connectivity index (χ4v) is 2.19. The molecular weight excluding hydrogens is 234 g/mol. The van der Waals surface area contributed by atoms with E-state index in [2.05, 4.69) is 22.4 Å². The summed E-state index contributed by atoms with van der Waals surface area (Å²) in [7, 11) is 0. The Bertz CT molecular complexity index is 460. The van der Waals surface area contributed by atoms with Gasteiger partial charge in [0.1, 0.15) is 5.60 Å². The molecule has 1 aliphatic carbocycles. The van der Waals surface area contributed by atoms with Gasteiger partial charge in [0.05, 0.1) is 16.8 Å². The van der Waals surface area contributed by atoms with E-state index in [0.29, 0.717) is 5.56 Å². The number of carbonyl (C=O) groups is 1. The highest BCUT2D eigenvalue weighted by atomic mass is 32.1. The first-order valence-electron chi connectivity index (χ1n) is 5.48. The molecule has 1 aliphatic rings. The average Bonchev–Trinajstić information content (AvgIpc) is 2.28. The van der Waals surface area contributed by atoms with Gasteiger partial charge in [-0.05, 0) is 31.3 Å². The maximum Gasteiger partial charge on any atom is 0.338 e. The van der Waals surface area contributed by atoms with Crippen molar-refractivity contribution in [2.75, 3.05) is 0 Å². The van der Waals surface area contributed by atoms with Crippen molar-refractivity contribution >= 4 is 23.3 Å². The van der Waals surface area contributed by atoms with Gasteiger partial charge in [0, 0.05) is 12.8 Å². The summed E-state index contributed by atoms with van der Waals surface area (Å²) in [4.78, 5) is 15.8. The number of hydrogen-bond acceptors (Lipinski definition) is 4. The van der Waals surface area contributed by atoms with Crippen molar-refractivity contribution in [3.63, 3.8) is 0 Å². The zero-order chi connectivity index (χ0) is 12.3. The molecule has 0 aliphatic heterocycles. The molecule has 0 aromatic heterocycles.